The van der Waals surface area contributed by atoms with Gasteiger partial charge in [0.25, 0.3) is 0 Å². The zero-order valence-electron chi connectivity index (χ0n) is 1.84. The van der Waals surface area contributed by atoms with Gasteiger partial charge in [0.1, 0.15) is 0 Å². The minimum Gasteiger partial charge on any atom is 0 e. The Bertz CT molecular complexity index is 3.25. The molecule has 0 aliphatic heterocycles. The largest absolute Gasteiger partial charge is 0 e. The van der Waals surface area contributed by atoms with Crippen molar-refractivity contribution in [2.45, 2.75) is 0 Å². The van der Waals surface area contributed by atoms with E-state index in [2.05, 4.69) is 0 Å². The maximum atomic E-state index is 0. The summed E-state index contributed by atoms with van der Waals surface area (Å²) in [6.07, 6.45) is 0. The molecule has 0 N–H and O–H groups in total. The molecule has 0 nitrogen and oxygen atoms in total. The summed E-state index contributed by atoms with van der Waals surface area (Å²) in [4.78, 5) is 0. The third-order valence-corrected chi connectivity index (χ3v) is 0. The molecule has 0 saturated carbocycles. The SMILES string of the molecule is [Nb].[Nb].[Nb].[Sn]. The maximum Gasteiger partial charge on any atom is 0 e. The molecule has 0 aliphatic rings. The van der Waals surface area contributed by atoms with E-state index < -0.39 is 0 Å². The monoisotopic (exact) mass is 399 g/mol. The van der Waals surface area contributed by atoms with Crippen LogP contribution in [0.2, 0.25) is 0 Å². The van der Waals surface area contributed by atoms with Crippen LogP contribution in [0.5, 0.6) is 0 Å². The van der Waals surface area contributed by atoms with Crippen molar-refractivity contribution < 1.29 is 67.1 Å². The molecule has 0 rings (SSSR count). The third kappa shape index (κ3) is 8.89. The Hall–Kier alpha value is 3.02. The van der Waals surface area contributed by atoms with Crippen molar-refractivity contribution in [1.82, 2.24) is 0 Å². The van der Waals surface area contributed by atoms with Gasteiger partial charge < -0.3 is 0 Å². The van der Waals surface area contributed by atoms with Crippen molar-refractivity contribution in [2.24, 2.45) is 0 Å². The fourth-order valence-corrected chi connectivity index (χ4v) is 0. The van der Waals surface area contributed by atoms with Gasteiger partial charge in [-0.15, -0.1) is 0 Å². The molecular formula is Nb3Sn. The molecule has 0 aromatic carbocycles. The molecule has 0 aromatic heterocycles. The summed E-state index contributed by atoms with van der Waals surface area (Å²) in [5.41, 5.74) is 0. The van der Waals surface area contributed by atoms with Crippen molar-refractivity contribution in [3.8, 4) is 0 Å². The zero-order chi connectivity index (χ0) is 0. The van der Waals surface area contributed by atoms with Crippen molar-refractivity contribution in [2.75, 3.05) is 0 Å². The van der Waals surface area contributed by atoms with Crippen molar-refractivity contribution in [3.63, 3.8) is 0 Å². The predicted molar refractivity (Wildman–Crippen MR) is 5.75 cm³/mol. The minimum atomic E-state index is 0. The van der Waals surface area contributed by atoms with Gasteiger partial charge in [-0.05, 0) is 0 Å². The number of rotatable bonds is 0. The number of hydrogen-bond acceptors (Lipinski definition) is 0. The van der Waals surface area contributed by atoms with Crippen LogP contribution in [0, 0.1) is 0 Å². The van der Waals surface area contributed by atoms with E-state index in [1.807, 2.05) is 0 Å². The van der Waals surface area contributed by atoms with E-state index in [0.717, 1.165) is 0 Å². The van der Waals surface area contributed by atoms with E-state index >= 15 is 0 Å². The Morgan fingerprint density at radius 1 is 0.500 bits per heavy atom. The summed E-state index contributed by atoms with van der Waals surface area (Å²) in [6.45, 7) is 0. The van der Waals surface area contributed by atoms with Gasteiger partial charge in [-0.25, -0.2) is 0 Å². The molecule has 0 heterocycles. The Morgan fingerprint density at radius 3 is 0.500 bits per heavy atom. The molecule has 4 heavy (non-hydrogen) atoms. The van der Waals surface area contributed by atoms with Crippen molar-refractivity contribution in [1.29, 1.82) is 0 Å². The first-order valence-corrected chi connectivity index (χ1v) is 0. The van der Waals surface area contributed by atoms with Crippen molar-refractivity contribution in [3.05, 3.63) is 0 Å². The van der Waals surface area contributed by atoms with Gasteiger partial charge in [-0.1, -0.05) is 0 Å². The van der Waals surface area contributed by atoms with Crippen LogP contribution in [0.15, 0.2) is 0 Å². The first-order valence-electron chi connectivity index (χ1n) is 0. The maximum absolute atomic E-state index is 0. The predicted octanol–water partition coefficient (Wildman–Crippen LogP) is -0.388. The Kier molecular flexibility index (Phi) is 116. The summed E-state index contributed by atoms with van der Waals surface area (Å²) in [6, 6.07) is 0. The summed E-state index contributed by atoms with van der Waals surface area (Å²) in [5.74, 6) is 0. The van der Waals surface area contributed by atoms with Crippen LogP contribution in [0.1, 0.15) is 0 Å². The molecule has 0 aromatic rings. The van der Waals surface area contributed by atoms with E-state index in [9.17, 15) is 0 Å². The molecule has 0 spiro atoms. The average molecular weight is 397 g/mol. The molecule has 0 aliphatic carbocycles. The van der Waals surface area contributed by atoms with E-state index in [4.69, 9.17) is 0 Å². The molecule has 7 radical (unpaired) electrons. The fraction of sp³-hybridized carbons (Fsp3) is 0. The standard InChI is InChI=1S/3Nb.Sn. The smallest absolute Gasteiger partial charge is 0 e. The molecule has 0 saturated heterocycles. The van der Waals surface area contributed by atoms with Gasteiger partial charge in [0.05, 0.1) is 0 Å². The molecule has 0 unspecified atom stereocenters. The van der Waals surface area contributed by atoms with E-state index in [1.165, 1.54) is 0 Å². The van der Waals surface area contributed by atoms with E-state index in [-0.39, 0.29) is 91.0 Å². The summed E-state index contributed by atoms with van der Waals surface area (Å²) in [7, 11) is 0. The quantitative estimate of drug-likeness (QED) is 0.489. The van der Waals surface area contributed by atoms with Gasteiger partial charge in [0, 0.05) is 91.0 Å². The first kappa shape index (κ1) is 27.9. The fourth-order valence-electron chi connectivity index (χ4n) is 0. The van der Waals surface area contributed by atoms with Crippen LogP contribution in [-0.2, 0) is 67.1 Å². The van der Waals surface area contributed by atoms with Gasteiger partial charge >= 0.3 is 0 Å². The molecule has 0 fully saturated rings. The Labute approximate surface area is 89.3 Å². The summed E-state index contributed by atoms with van der Waals surface area (Å²) < 4.78 is 0. The molecule has 0 amide bonds. The second-order valence-corrected chi connectivity index (χ2v) is 0. The molecular weight excluding hydrogens is 397 g/mol. The van der Waals surface area contributed by atoms with Crippen LogP contribution in [0.25, 0.3) is 0 Å². The second-order valence-electron chi connectivity index (χ2n) is 0. The van der Waals surface area contributed by atoms with Crippen LogP contribution in [0.3, 0.4) is 0 Å². The zero-order valence-corrected chi connectivity index (χ0v) is 11.3. The van der Waals surface area contributed by atoms with Gasteiger partial charge in [0.15, 0.2) is 0 Å². The molecule has 19 valence electrons. The average Bonchev–Trinajstić information content (AvgIpc) is 0. The van der Waals surface area contributed by atoms with Crippen molar-refractivity contribution >= 4 is 23.9 Å². The Balaban J connectivity index is 0. The minimum absolute atomic E-state index is 0. The van der Waals surface area contributed by atoms with Gasteiger partial charge in [-0.3, -0.25) is 0 Å². The van der Waals surface area contributed by atoms with Gasteiger partial charge in [-0.2, -0.15) is 0 Å². The summed E-state index contributed by atoms with van der Waals surface area (Å²) >= 11 is 0. The van der Waals surface area contributed by atoms with Crippen LogP contribution in [0.4, 0.5) is 0 Å². The van der Waals surface area contributed by atoms with Crippen LogP contribution >= 0.6 is 0 Å². The first-order chi connectivity index (χ1) is 0. The topological polar surface area (TPSA) is 0 Å². The van der Waals surface area contributed by atoms with E-state index in [0.29, 0.717) is 0 Å². The van der Waals surface area contributed by atoms with Gasteiger partial charge in [0.2, 0.25) is 0 Å². The van der Waals surface area contributed by atoms with Crippen LogP contribution in [-0.4, -0.2) is 23.9 Å². The van der Waals surface area contributed by atoms with E-state index in [1.54, 1.807) is 0 Å². The summed E-state index contributed by atoms with van der Waals surface area (Å²) in [5, 5.41) is 0. The molecule has 0 atom stereocenters. The second kappa shape index (κ2) is 16.6. The molecule has 4 heteroatoms. The Morgan fingerprint density at radius 2 is 0.500 bits per heavy atom. The number of hydrogen-bond donors (Lipinski definition) is 0. The third-order valence-electron chi connectivity index (χ3n) is 0. The normalized spacial score (nSPS) is 0. The van der Waals surface area contributed by atoms with Crippen LogP contribution < -0.4 is 0 Å². The molecule has 0 bridgehead atoms.